The van der Waals surface area contributed by atoms with Crippen LogP contribution in [0.3, 0.4) is 0 Å². The minimum Gasteiger partial charge on any atom is -0.481 e. The van der Waals surface area contributed by atoms with Crippen LogP contribution in [0.5, 0.6) is 0 Å². The lowest BCUT2D eigenvalue weighted by molar-refractivity contribution is -0.141. The van der Waals surface area contributed by atoms with Crippen molar-refractivity contribution >= 4 is 28.3 Å². The standard InChI is InChI=1S/C16H17N3O3S/c1-10-13(23-14(17-10)11-5-3-2-4-6-11)18-16(22)19-8-7-12(9-19)15(20)21/h2-6,12H,7-9H2,1H3,(H,18,22)(H,20,21). The zero-order chi connectivity index (χ0) is 16.4. The predicted octanol–water partition coefficient (Wildman–Crippen LogP) is 3.06. The third-order valence-electron chi connectivity index (χ3n) is 3.86. The van der Waals surface area contributed by atoms with Crippen LogP contribution in [0.4, 0.5) is 9.80 Å². The van der Waals surface area contributed by atoms with Gasteiger partial charge >= 0.3 is 12.0 Å². The number of benzene rings is 1. The number of rotatable bonds is 3. The number of hydrogen-bond donors (Lipinski definition) is 2. The van der Waals surface area contributed by atoms with Gasteiger partial charge in [-0.25, -0.2) is 9.78 Å². The van der Waals surface area contributed by atoms with Gasteiger partial charge in [-0.05, 0) is 13.3 Å². The molecule has 6 nitrogen and oxygen atoms in total. The van der Waals surface area contributed by atoms with Gasteiger partial charge < -0.3 is 10.0 Å². The average Bonchev–Trinajstić information content (AvgIpc) is 3.16. The van der Waals surface area contributed by atoms with Crippen LogP contribution in [0, 0.1) is 12.8 Å². The summed E-state index contributed by atoms with van der Waals surface area (Å²) in [4.78, 5) is 29.3. The summed E-state index contributed by atoms with van der Waals surface area (Å²) in [5.41, 5.74) is 1.77. The molecule has 2 aromatic rings. The van der Waals surface area contributed by atoms with E-state index in [0.29, 0.717) is 18.0 Å². The number of aromatic nitrogens is 1. The summed E-state index contributed by atoms with van der Waals surface area (Å²) in [6.45, 7) is 2.57. The monoisotopic (exact) mass is 331 g/mol. The first kappa shape index (κ1) is 15.5. The highest BCUT2D eigenvalue weighted by Gasteiger charge is 2.31. The second kappa shape index (κ2) is 6.37. The van der Waals surface area contributed by atoms with Crippen LogP contribution < -0.4 is 5.32 Å². The Hall–Kier alpha value is -2.41. The van der Waals surface area contributed by atoms with E-state index in [4.69, 9.17) is 5.11 Å². The van der Waals surface area contributed by atoms with Crippen molar-refractivity contribution in [3.63, 3.8) is 0 Å². The first-order valence-corrected chi connectivity index (χ1v) is 8.18. The largest absolute Gasteiger partial charge is 0.481 e. The molecule has 3 rings (SSSR count). The summed E-state index contributed by atoms with van der Waals surface area (Å²) in [6.07, 6.45) is 0.500. The van der Waals surface area contributed by atoms with Gasteiger partial charge in [0, 0.05) is 18.7 Å². The summed E-state index contributed by atoms with van der Waals surface area (Å²) >= 11 is 1.42. The number of nitrogens with zero attached hydrogens (tertiary/aromatic N) is 2. The van der Waals surface area contributed by atoms with Crippen LogP contribution in [-0.2, 0) is 4.79 Å². The van der Waals surface area contributed by atoms with Gasteiger partial charge in [0.2, 0.25) is 0 Å². The zero-order valence-electron chi connectivity index (χ0n) is 12.7. The van der Waals surface area contributed by atoms with E-state index in [-0.39, 0.29) is 12.6 Å². The maximum Gasteiger partial charge on any atom is 0.322 e. The quantitative estimate of drug-likeness (QED) is 0.905. The zero-order valence-corrected chi connectivity index (χ0v) is 13.5. The van der Waals surface area contributed by atoms with Crippen molar-refractivity contribution < 1.29 is 14.7 Å². The van der Waals surface area contributed by atoms with E-state index in [9.17, 15) is 9.59 Å². The van der Waals surface area contributed by atoms with Gasteiger partial charge in [0.05, 0.1) is 11.6 Å². The maximum absolute atomic E-state index is 12.3. The SMILES string of the molecule is Cc1nc(-c2ccccc2)sc1NC(=O)N1CCC(C(=O)O)C1. The molecule has 1 aromatic carbocycles. The van der Waals surface area contributed by atoms with E-state index < -0.39 is 11.9 Å². The molecule has 0 radical (unpaired) electrons. The Morgan fingerprint density at radius 1 is 1.35 bits per heavy atom. The van der Waals surface area contributed by atoms with Gasteiger partial charge in [0.25, 0.3) is 0 Å². The fourth-order valence-electron chi connectivity index (χ4n) is 2.54. The molecule has 1 aliphatic heterocycles. The number of urea groups is 1. The number of likely N-dealkylation sites (tertiary alicyclic amines) is 1. The predicted molar refractivity (Wildman–Crippen MR) is 88.6 cm³/mol. The molecular weight excluding hydrogens is 314 g/mol. The van der Waals surface area contributed by atoms with E-state index in [1.54, 1.807) is 4.90 Å². The fourth-order valence-corrected chi connectivity index (χ4v) is 3.50. The molecule has 0 bridgehead atoms. The van der Waals surface area contributed by atoms with Crippen LogP contribution in [-0.4, -0.2) is 40.1 Å². The Kier molecular flexibility index (Phi) is 4.29. The molecule has 1 atom stereocenters. The number of thiazole rings is 1. The van der Waals surface area contributed by atoms with E-state index >= 15 is 0 Å². The van der Waals surface area contributed by atoms with Crippen LogP contribution in [0.15, 0.2) is 30.3 Å². The summed E-state index contributed by atoms with van der Waals surface area (Å²) in [5.74, 6) is -1.32. The van der Waals surface area contributed by atoms with Gasteiger partial charge in [-0.15, -0.1) is 0 Å². The van der Waals surface area contributed by atoms with Crippen molar-refractivity contribution in [1.29, 1.82) is 0 Å². The Morgan fingerprint density at radius 2 is 2.09 bits per heavy atom. The van der Waals surface area contributed by atoms with Crippen LogP contribution in [0.1, 0.15) is 12.1 Å². The fraction of sp³-hybridized carbons (Fsp3) is 0.312. The molecule has 2 N–H and O–H groups in total. The number of nitrogens with one attached hydrogen (secondary N) is 1. The van der Waals surface area contributed by atoms with Gasteiger partial charge in [-0.2, -0.15) is 0 Å². The molecule has 7 heteroatoms. The van der Waals surface area contributed by atoms with E-state index in [2.05, 4.69) is 10.3 Å². The molecule has 23 heavy (non-hydrogen) atoms. The summed E-state index contributed by atoms with van der Waals surface area (Å²) in [7, 11) is 0. The average molecular weight is 331 g/mol. The molecule has 2 heterocycles. The number of amides is 2. The number of carboxylic acid groups (broad SMARTS) is 1. The summed E-state index contributed by atoms with van der Waals surface area (Å²) in [6, 6.07) is 9.52. The molecule has 0 spiro atoms. The molecule has 1 aromatic heterocycles. The molecule has 1 saturated heterocycles. The normalized spacial score (nSPS) is 17.3. The third-order valence-corrected chi connectivity index (χ3v) is 4.98. The lowest BCUT2D eigenvalue weighted by Gasteiger charge is -2.16. The van der Waals surface area contributed by atoms with E-state index in [1.165, 1.54) is 11.3 Å². The molecule has 2 amide bonds. The molecule has 120 valence electrons. The van der Waals surface area contributed by atoms with Gasteiger partial charge in [-0.3, -0.25) is 10.1 Å². The van der Waals surface area contributed by atoms with Crippen molar-refractivity contribution in [3.05, 3.63) is 36.0 Å². The highest BCUT2D eigenvalue weighted by Crippen LogP contribution is 2.32. The number of hydrogen-bond acceptors (Lipinski definition) is 4. The van der Waals surface area contributed by atoms with Crippen molar-refractivity contribution in [2.24, 2.45) is 5.92 Å². The number of aryl methyl sites for hydroxylation is 1. The molecule has 1 unspecified atom stereocenters. The molecule has 0 aliphatic carbocycles. The molecule has 0 saturated carbocycles. The van der Waals surface area contributed by atoms with E-state index in [0.717, 1.165) is 16.3 Å². The van der Waals surface area contributed by atoms with Gasteiger partial charge in [0.1, 0.15) is 10.0 Å². The van der Waals surface area contributed by atoms with Crippen LogP contribution in [0.2, 0.25) is 0 Å². The third kappa shape index (κ3) is 3.34. The van der Waals surface area contributed by atoms with Crippen LogP contribution >= 0.6 is 11.3 Å². The topological polar surface area (TPSA) is 82.5 Å². The molecular formula is C16H17N3O3S. The van der Waals surface area contributed by atoms with Gasteiger partial charge in [-0.1, -0.05) is 41.7 Å². The van der Waals surface area contributed by atoms with Crippen molar-refractivity contribution in [3.8, 4) is 10.6 Å². The first-order chi connectivity index (χ1) is 11.0. The second-order valence-electron chi connectivity index (χ2n) is 5.50. The molecule has 1 aliphatic rings. The number of anilines is 1. The van der Waals surface area contributed by atoms with Crippen molar-refractivity contribution in [2.45, 2.75) is 13.3 Å². The smallest absolute Gasteiger partial charge is 0.322 e. The highest BCUT2D eigenvalue weighted by atomic mass is 32.1. The Bertz CT molecular complexity index is 729. The highest BCUT2D eigenvalue weighted by molar-refractivity contribution is 7.19. The second-order valence-corrected chi connectivity index (χ2v) is 6.50. The summed E-state index contributed by atoms with van der Waals surface area (Å²) < 4.78 is 0. The van der Waals surface area contributed by atoms with Gasteiger partial charge in [0.15, 0.2) is 0 Å². The number of carboxylic acids is 1. The Morgan fingerprint density at radius 3 is 2.74 bits per heavy atom. The lowest BCUT2D eigenvalue weighted by Crippen LogP contribution is -2.33. The van der Waals surface area contributed by atoms with Crippen molar-refractivity contribution in [2.75, 3.05) is 18.4 Å². The first-order valence-electron chi connectivity index (χ1n) is 7.36. The lowest BCUT2D eigenvalue weighted by atomic mass is 10.1. The minimum atomic E-state index is -0.847. The number of carbonyl (C=O) groups excluding carboxylic acids is 1. The van der Waals surface area contributed by atoms with Crippen molar-refractivity contribution in [1.82, 2.24) is 9.88 Å². The Balaban J connectivity index is 1.70. The maximum atomic E-state index is 12.3. The molecule has 1 fully saturated rings. The van der Waals surface area contributed by atoms with Crippen LogP contribution in [0.25, 0.3) is 10.6 Å². The Labute approximate surface area is 137 Å². The minimum absolute atomic E-state index is 0.255. The van der Waals surface area contributed by atoms with E-state index in [1.807, 2.05) is 37.3 Å². The number of carbonyl (C=O) groups is 2. The summed E-state index contributed by atoms with van der Waals surface area (Å²) in [5, 5.41) is 13.4. The number of aliphatic carboxylic acids is 1.